The van der Waals surface area contributed by atoms with Gasteiger partial charge in [0.15, 0.2) is 12.0 Å². The van der Waals surface area contributed by atoms with Gasteiger partial charge in [0.25, 0.3) is 5.91 Å². The number of aliphatic hydroxyl groups excluding tert-OH is 1. The van der Waals surface area contributed by atoms with Crippen LogP contribution in [0.25, 0.3) is 5.52 Å². The predicted octanol–water partition coefficient (Wildman–Crippen LogP) is 2.24. The van der Waals surface area contributed by atoms with Crippen LogP contribution in [-0.4, -0.2) is 69.7 Å². The summed E-state index contributed by atoms with van der Waals surface area (Å²) in [5.41, 5.74) is -1.33. The van der Waals surface area contributed by atoms with Crippen molar-refractivity contribution >= 4 is 40.7 Å². The van der Waals surface area contributed by atoms with Crippen LogP contribution in [0.1, 0.15) is 35.5 Å². The fraction of sp³-hybridized carbons (Fsp3) is 0.350. The first-order valence-corrected chi connectivity index (χ1v) is 16.1. The van der Waals surface area contributed by atoms with Gasteiger partial charge in [0.2, 0.25) is 0 Å². The van der Waals surface area contributed by atoms with Crippen LogP contribution in [0.4, 0.5) is 10.2 Å². The number of carbonyl (C=O) groups is 1. The smallest absolute Gasteiger partial charge is 0.387 e. The van der Waals surface area contributed by atoms with Crippen molar-refractivity contribution in [1.29, 1.82) is 0 Å². The average Bonchev–Trinajstić information content (AvgIpc) is 3.41. The monoisotopic (exact) mass is 640 g/mol. The van der Waals surface area contributed by atoms with Gasteiger partial charge in [-0.05, 0) is 30.7 Å². The van der Waals surface area contributed by atoms with E-state index in [9.17, 15) is 33.4 Å². The molecular formula is C20H24FN4O13P3. The number of aromatic nitrogens is 3. The Morgan fingerprint density at radius 2 is 1.78 bits per heavy atom. The molecule has 1 aliphatic heterocycles. The highest BCUT2D eigenvalue weighted by atomic mass is 31.3. The standard InChI is InChI=1S/C20H24FN4O13P3/c1-2-20(10-35-40(31,32)38-41(33,34)37-39(28,29)30)17(26)15(21)16(36-20)13-8-9-14-18(22-11-23-25(13)14)24-19(27)12-6-4-3-5-7-12/h3-9,11,15-17,26H,2,10H2,1H3,(H,31,32)(H,33,34)(H2,28,29,30)(H,22,23,24,27)/t15-,16-,17-,20+/m0/s1. The highest BCUT2D eigenvalue weighted by Crippen LogP contribution is 2.66. The molecule has 0 bridgehead atoms. The SMILES string of the molecule is CC[C@]1(COP(=O)(O)OP(=O)(O)OP(=O)(O)O)O[C@@H](c2ccc3c(NC(=O)c4ccccc4)ncnn23)[C@H](F)[C@@H]1O. The van der Waals surface area contributed by atoms with Crippen LogP contribution in [0.5, 0.6) is 0 Å². The van der Waals surface area contributed by atoms with Crippen molar-refractivity contribution in [2.45, 2.75) is 37.3 Å². The number of hydrogen-bond donors (Lipinski definition) is 6. The lowest BCUT2D eigenvalue weighted by Gasteiger charge is -2.31. The number of phosphoric acid groups is 3. The van der Waals surface area contributed by atoms with Crippen molar-refractivity contribution in [1.82, 2.24) is 14.6 Å². The number of aliphatic hydroxyl groups is 1. The van der Waals surface area contributed by atoms with Crippen LogP contribution in [0.15, 0.2) is 48.8 Å². The molecule has 17 nitrogen and oxygen atoms in total. The number of benzene rings is 1. The molecular weight excluding hydrogens is 616 g/mol. The Morgan fingerprint density at radius 1 is 1.10 bits per heavy atom. The lowest BCUT2D eigenvalue weighted by atomic mass is 9.93. The number of halogens is 1. The average molecular weight is 640 g/mol. The second kappa shape index (κ2) is 11.7. The summed E-state index contributed by atoms with van der Waals surface area (Å²) >= 11 is 0. The molecule has 0 aliphatic carbocycles. The summed E-state index contributed by atoms with van der Waals surface area (Å²) in [6, 6.07) is 11.1. The molecule has 2 unspecified atom stereocenters. The zero-order valence-corrected chi connectivity index (χ0v) is 23.5. The largest absolute Gasteiger partial charge is 0.490 e. The van der Waals surface area contributed by atoms with Crippen LogP contribution < -0.4 is 5.32 Å². The van der Waals surface area contributed by atoms with Crippen molar-refractivity contribution in [3.63, 3.8) is 0 Å². The molecule has 1 amide bonds. The van der Waals surface area contributed by atoms with Crippen molar-refractivity contribution in [3.05, 3.63) is 60.0 Å². The summed E-state index contributed by atoms with van der Waals surface area (Å²) in [5, 5.41) is 17.4. The number of phosphoric ester groups is 1. The Bertz CT molecular complexity index is 1570. The number of carbonyl (C=O) groups excluding carboxylic acids is 1. The predicted molar refractivity (Wildman–Crippen MR) is 135 cm³/mol. The maximum absolute atomic E-state index is 15.5. The van der Waals surface area contributed by atoms with Gasteiger partial charge >= 0.3 is 23.5 Å². The number of nitrogens with one attached hydrogen (secondary N) is 1. The van der Waals surface area contributed by atoms with E-state index in [0.29, 0.717) is 5.56 Å². The van der Waals surface area contributed by atoms with Crippen molar-refractivity contribution in [2.24, 2.45) is 0 Å². The number of hydrogen-bond acceptors (Lipinski definition) is 11. The molecule has 1 saturated heterocycles. The van der Waals surface area contributed by atoms with Gasteiger partial charge in [0, 0.05) is 5.56 Å². The Kier molecular flexibility index (Phi) is 8.98. The quantitative estimate of drug-likeness (QED) is 0.165. The lowest BCUT2D eigenvalue weighted by Crippen LogP contribution is -2.45. The minimum Gasteiger partial charge on any atom is -0.387 e. The van der Waals surface area contributed by atoms with Crippen molar-refractivity contribution < 1.29 is 65.4 Å². The highest BCUT2D eigenvalue weighted by Gasteiger charge is 2.56. The van der Waals surface area contributed by atoms with Gasteiger partial charge in [-0.2, -0.15) is 13.7 Å². The summed E-state index contributed by atoms with van der Waals surface area (Å²) in [5.74, 6) is -0.384. The number of alkyl halides is 1. The molecule has 1 aliphatic rings. The summed E-state index contributed by atoms with van der Waals surface area (Å²) in [7, 11) is -17.0. The Hall–Kier alpha value is -2.43. The van der Waals surface area contributed by atoms with Gasteiger partial charge in [-0.3, -0.25) is 9.32 Å². The zero-order chi connectivity index (χ0) is 30.2. The van der Waals surface area contributed by atoms with Crippen LogP contribution in [0.2, 0.25) is 0 Å². The second-order valence-electron chi connectivity index (χ2n) is 8.69. The number of nitrogens with zero attached hydrogens (tertiary/aromatic N) is 3. The van der Waals surface area contributed by atoms with E-state index in [4.69, 9.17) is 14.5 Å². The molecule has 2 aromatic heterocycles. The van der Waals surface area contributed by atoms with Gasteiger partial charge in [-0.15, -0.1) is 0 Å². The Balaban J connectivity index is 1.54. The number of rotatable bonds is 11. The molecule has 4 rings (SSSR count). The molecule has 3 aromatic rings. The van der Waals surface area contributed by atoms with Crippen molar-refractivity contribution in [3.8, 4) is 0 Å². The molecule has 21 heteroatoms. The van der Waals surface area contributed by atoms with E-state index in [1.807, 2.05) is 0 Å². The highest BCUT2D eigenvalue weighted by molar-refractivity contribution is 7.66. The summed E-state index contributed by atoms with van der Waals surface area (Å²) in [4.78, 5) is 53.1. The number of ether oxygens (including phenoxy) is 1. The number of anilines is 1. The lowest BCUT2D eigenvalue weighted by molar-refractivity contribution is -0.113. The Labute approximate surface area is 230 Å². The minimum absolute atomic E-state index is 0.0674. The van der Waals surface area contributed by atoms with E-state index in [-0.39, 0.29) is 23.4 Å². The molecule has 0 saturated carbocycles. The first-order chi connectivity index (χ1) is 19.1. The van der Waals surface area contributed by atoms with Crippen molar-refractivity contribution in [2.75, 3.05) is 11.9 Å². The van der Waals surface area contributed by atoms with Crippen LogP contribution in [-0.2, 0) is 31.6 Å². The minimum atomic E-state index is -5.79. The molecule has 3 heterocycles. The fourth-order valence-electron chi connectivity index (χ4n) is 4.11. The van der Waals surface area contributed by atoms with Gasteiger partial charge < -0.3 is 34.7 Å². The fourth-order valence-corrected chi connectivity index (χ4v) is 7.19. The Morgan fingerprint density at radius 3 is 2.41 bits per heavy atom. The molecule has 1 fully saturated rings. The maximum Gasteiger partial charge on any atom is 0.490 e. The molecule has 224 valence electrons. The number of fused-ring (bicyclic) bond motifs is 1. The van der Waals surface area contributed by atoms with Gasteiger partial charge in [0.05, 0.1) is 12.3 Å². The van der Waals surface area contributed by atoms with Crippen LogP contribution in [0, 0.1) is 0 Å². The van der Waals surface area contributed by atoms with E-state index < -0.39 is 60.0 Å². The third-order valence-electron chi connectivity index (χ3n) is 6.02. The normalized spacial score (nSPS) is 26.0. The third-order valence-corrected chi connectivity index (χ3v) is 9.80. The van der Waals surface area contributed by atoms with Gasteiger partial charge in [0.1, 0.15) is 29.7 Å². The molecule has 6 atom stereocenters. The number of amides is 1. The zero-order valence-electron chi connectivity index (χ0n) is 20.8. The van der Waals surface area contributed by atoms with Crippen LogP contribution in [0.3, 0.4) is 0 Å². The molecule has 0 spiro atoms. The second-order valence-corrected chi connectivity index (χ2v) is 13.1. The van der Waals surface area contributed by atoms with E-state index >= 15 is 4.39 Å². The summed E-state index contributed by atoms with van der Waals surface area (Å²) in [6.07, 6.45) is -4.75. The van der Waals surface area contributed by atoms with Gasteiger partial charge in [-0.1, -0.05) is 25.1 Å². The topological polar surface area (TPSA) is 249 Å². The molecule has 6 N–H and O–H groups in total. The first-order valence-electron chi connectivity index (χ1n) is 11.5. The van der Waals surface area contributed by atoms with Crippen LogP contribution >= 0.6 is 23.5 Å². The molecule has 0 radical (unpaired) electrons. The van der Waals surface area contributed by atoms with E-state index in [2.05, 4.69) is 28.5 Å². The summed E-state index contributed by atoms with van der Waals surface area (Å²) in [6.45, 7) is 0.357. The first kappa shape index (κ1) is 31.5. The van der Waals surface area contributed by atoms with E-state index in [1.165, 1.54) is 23.6 Å². The van der Waals surface area contributed by atoms with E-state index in [1.54, 1.807) is 30.3 Å². The van der Waals surface area contributed by atoms with E-state index in [0.717, 1.165) is 6.33 Å². The molecule has 41 heavy (non-hydrogen) atoms. The third kappa shape index (κ3) is 7.14. The van der Waals surface area contributed by atoms with Gasteiger partial charge in [-0.25, -0.2) is 27.6 Å². The molecule has 1 aromatic carbocycles. The maximum atomic E-state index is 15.5. The summed E-state index contributed by atoms with van der Waals surface area (Å²) < 4.78 is 69.0.